The Kier molecular flexibility index (Phi) is 8.60. The molecule has 1 aromatic rings. The quantitative estimate of drug-likeness (QED) is 0.491. The van der Waals surface area contributed by atoms with E-state index in [1.807, 2.05) is 30.0 Å². The third-order valence-corrected chi connectivity index (χ3v) is 4.44. The lowest BCUT2D eigenvalue weighted by molar-refractivity contribution is -0.117. The molecule has 0 unspecified atom stereocenters. The number of piperazine rings is 1. The fourth-order valence-electron chi connectivity index (χ4n) is 2.81. The molecule has 0 aliphatic carbocycles. The van der Waals surface area contributed by atoms with E-state index in [1.165, 1.54) is 5.56 Å². The van der Waals surface area contributed by atoms with Gasteiger partial charge in [-0.25, -0.2) is 0 Å². The number of nitrogens with one attached hydrogen (secondary N) is 2. The summed E-state index contributed by atoms with van der Waals surface area (Å²) in [5.74, 6) is -0.301. The van der Waals surface area contributed by atoms with Crippen LogP contribution in [0.1, 0.15) is 12.5 Å². The third-order valence-electron chi connectivity index (χ3n) is 4.44. The lowest BCUT2D eigenvalue weighted by Crippen LogP contribution is -2.46. The molecular weight excluding hydrogens is 328 g/mol. The van der Waals surface area contributed by atoms with Crippen LogP contribution in [0.5, 0.6) is 0 Å². The van der Waals surface area contributed by atoms with Gasteiger partial charge >= 0.3 is 0 Å². The van der Waals surface area contributed by atoms with E-state index in [1.54, 1.807) is 18.6 Å². The van der Waals surface area contributed by atoms with Crippen LogP contribution in [-0.4, -0.2) is 73.0 Å². The fraction of sp³-hybridized carbons (Fsp3) is 0.526. The number of amides is 1. The van der Waals surface area contributed by atoms with Crippen molar-refractivity contribution >= 4 is 5.91 Å². The van der Waals surface area contributed by atoms with E-state index in [9.17, 15) is 10.1 Å². The zero-order chi connectivity index (χ0) is 18.6. The van der Waals surface area contributed by atoms with Gasteiger partial charge in [-0.3, -0.25) is 14.7 Å². The molecule has 26 heavy (non-hydrogen) atoms. The predicted octanol–water partition coefficient (Wildman–Crippen LogP) is 0.375. The summed E-state index contributed by atoms with van der Waals surface area (Å²) in [6.45, 7) is 8.84. The van der Waals surface area contributed by atoms with Gasteiger partial charge in [0.25, 0.3) is 5.91 Å². The first kappa shape index (κ1) is 19.9. The number of rotatable bonds is 9. The number of carbonyl (C=O) groups is 1. The van der Waals surface area contributed by atoms with Gasteiger partial charge in [-0.2, -0.15) is 5.26 Å². The number of carbonyl (C=O) groups excluding carboxylic acids is 1. The zero-order valence-corrected chi connectivity index (χ0v) is 15.4. The monoisotopic (exact) mass is 356 g/mol. The van der Waals surface area contributed by atoms with E-state index < -0.39 is 0 Å². The maximum Gasteiger partial charge on any atom is 0.263 e. The third kappa shape index (κ3) is 6.82. The van der Waals surface area contributed by atoms with Crippen LogP contribution in [0.3, 0.4) is 0 Å². The number of aromatic nitrogens is 1. The first-order valence-electron chi connectivity index (χ1n) is 9.19. The highest BCUT2D eigenvalue weighted by atomic mass is 16.1. The van der Waals surface area contributed by atoms with Crippen molar-refractivity contribution in [2.24, 2.45) is 0 Å². The molecule has 0 saturated carbocycles. The summed E-state index contributed by atoms with van der Waals surface area (Å²) in [7, 11) is 0. The Labute approximate surface area is 155 Å². The summed E-state index contributed by atoms with van der Waals surface area (Å²) in [4.78, 5) is 20.6. The Bertz CT molecular complexity index is 619. The normalized spacial score (nSPS) is 15.3. The molecule has 1 aromatic heterocycles. The SMILES string of the molecule is CCN(/C=C(/C#N)C(=O)NCCN1CCNCC1)CCc1ccncc1. The minimum Gasteiger partial charge on any atom is -0.376 e. The summed E-state index contributed by atoms with van der Waals surface area (Å²) in [5.41, 5.74) is 1.34. The van der Waals surface area contributed by atoms with Crippen LogP contribution < -0.4 is 10.6 Å². The Morgan fingerprint density at radius 1 is 1.42 bits per heavy atom. The van der Waals surface area contributed by atoms with Gasteiger partial charge in [-0.05, 0) is 31.0 Å². The van der Waals surface area contributed by atoms with Crippen LogP contribution in [0, 0.1) is 11.3 Å². The van der Waals surface area contributed by atoms with Crippen molar-refractivity contribution in [2.45, 2.75) is 13.3 Å². The highest BCUT2D eigenvalue weighted by molar-refractivity contribution is 5.97. The van der Waals surface area contributed by atoms with Crippen molar-refractivity contribution < 1.29 is 4.79 Å². The maximum atomic E-state index is 12.3. The van der Waals surface area contributed by atoms with Crippen LogP contribution in [-0.2, 0) is 11.2 Å². The standard InChI is InChI=1S/C19H28N6O/c1-2-24(11-5-17-3-6-21-7-4-17)16-18(15-20)19(26)23-10-14-25-12-8-22-9-13-25/h3-4,6-7,16,22H,2,5,8-14H2,1H3,(H,23,26)/b18-16-. The van der Waals surface area contributed by atoms with E-state index in [2.05, 4.69) is 20.5 Å². The molecule has 0 spiro atoms. The van der Waals surface area contributed by atoms with Gasteiger partial charge in [0.15, 0.2) is 0 Å². The molecule has 0 atom stereocenters. The average molecular weight is 356 g/mol. The molecule has 140 valence electrons. The van der Waals surface area contributed by atoms with Crippen molar-refractivity contribution in [1.29, 1.82) is 5.26 Å². The lowest BCUT2D eigenvalue weighted by atomic mass is 10.2. The summed E-state index contributed by atoms with van der Waals surface area (Å²) in [6.07, 6.45) is 6.06. The largest absolute Gasteiger partial charge is 0.376 e. The molecule has 7 nitrogen and oxygen atoms in total. The van der Waals surface area contributed by atoms with Gasteiger partial charge in [0, 0.05) is 71.0 Å². The number of pyridine rings is 1. The number of likely N-dealkylation sites (N-methyl/N-ethyl adjacent to an activating group) is 1. The molecule has 0 bridgehead atoms. The van der Waals surface area contributed by atoms with Crippen molar-refractivity contribution in [3.63, 3.8) is 0 Å². The fourth-order valence-corrected chi connectivity index (χ4v) is 2.81. The summed E-state index contributed by atoms with van der Waals surface area (Å²) in [5, 5.41) is 15.5. The van der Waals surface area contributed by atoms with Crippen molar-refractivity contribution in [1.82, 2.24) is 25.4 Å². The minimum absolute atomic E-state index is 0.155. The molecule has 2 N–H and O–H groups in total. The Morgan fingerprint density at radius 2 is 2.15 bits per heavy atom. The van der Waals surface area contributed by atoms with Gasteiger partial charge in [-0.15, -0.1) is 0 Å². The number of hydrogen-bond acceptors (Lipinski definition) is 6. The van der Waals surface area contributed by atoms with Crippen LogP contribution in [0.15, 0.2) is 36.3 Å². The molecule has 7 heteroatoms. The molecular formula is C19H28N6O. The second-order valence-electron chi connectivity index (χ2n) is 6.24. The highest BCUT2D eigenvalue weighted by Gasteiger charge is 2.13. The Morgan fingerprint density at radius 3 is 2.81 bits per heavy atom. The molecule has 2 heterocycles. The van der Waals surface area contributed by atoms with Crippen LogP contribution >= 0.6 is 0 Å². The molecule has 0 radical (unpaired) electrons. The zero-order valence-electron chi connectivity index (χ0n) is 15.4. The highest BCUT2D eigenvalue weighted by Crippen LogP contribution is 2.03. The molecule has 1 aliphatic heterocycles. The molecule has 1 saturated heterocycles. The summed E-state index contributed by atoms with van der Waals surface area (Å²) >= 11 is 0. The second kappa shape index (κ2) is 11.2. The van der Waals surface area contributed by atoms with Crippen molar-refractivity contribution in [3.05, 3.63) is 41.9 Å². The summed E-state index contributed by atoms with van der Waals surface area (Å²) < 4.78 is 0. The molecule has 1 aliphatic rings. The summed E-state index contributed by atoms with van der Waals surface area (Å²) in [6, 6.07) is 5.98. The van der Waals surface area contributed by atoms with Crippen molar-refractivity contribution in [3.8, 4) is 6.07 Å². The van der Waals surface area contributed by atoms with E-state index in [0.717, 1.165) is 52.2 Å². The first-order chi connectivity index (χ1) is 12.7. The molecule has 1 amide bonds. The van der Waals surface area contributed by atoms with E-state index in [-0.39, 0.29) is 11.5 Å². The van der Waals surface area contributed by atoms with Gasteiger partial charge < -0.3 is 15.5 Å². The van der Waals surface area contributed by atoms with Crippen LogP contribution in [0.4, 0.5) is 0 Å². The molecule has 2 rings (SSSR count). The first-order valence-corrected chi connectivity index (χ1v) is 9.19. The number of hydrogen-bond donors (Lipinski definition) is 2. The van der Waals surface area contributed by atoms with Crippen LogP contribution in [0.2, 0.25) is 0 Å². The maximum absolute atomic E-state index is 12.3. The van der Waals surface area contributed by atoms with Crippen molar-refractivity contribution in [2.75, 3.05) is 52.4 Å². The van der Waals surface area contributed by atoms with Crippen LogP contribution in [0.25, 0.3) is 0 Å². The van der Waals surface area contributed by atoms with Gasteiger partial charge in [-0.1, -0.05) is 0 Å². The van der Waals surface area contributed by atoms with Gasteiger partial charge in [0.1, 0.15) is 11.6 Å². The van der Waals surface area contributed by atoms with E-state index in [0.29, 0.717) is 6.54 Å². The van der Waals surface area contributed by atoms with E-state index >= 15 is 0 Å². The smallest absolute Gasteiger partial charge is 0.263 e. The Balaban J connectivity index is 1.81. The van der Waals surface area contributed by atoms with Gasteiger partial charge in [0.05, 0.1) is 0 Å². The van der Waals surface area contributed by atoms with Gasteiger partial charge in [0.2, 0.25) is 0 Å². The topological polar surface area (TPSA) is 84.3 Å². The molecule has 1 fully saturated rings. The minimum atomic E-state index is -0.301. The number of nitriles is 1. The number of nitrogens with zero attached hydrogens (tertiary/aromatic N) is 4. The predicted molar refractivity (Wildman–Crippen MR) is 101 cm³/mol. The second-order valence-corrected chi connectivity index (χ2v) is 6.24. The average Bonchev–Trinajstić information content (AvgIpc) is 2.70. The molecule has 0 aromatic carbocycles. The van der Waals surface area contributed by atoms with E-state index in [4.69, 9.17) is 0 Å². The lowest BCUT2D eigenvalue weighted by Gasteiger charge is -2.27. The Hall–Kier alpha value is -2.43.